The number of amides is 1. The van der Waals surface area contributed by atoms with E-state index < -0.39 is 11.0 Å². The summed E-state index contributed by atoms with van der Waals surface area (Å²) in [6, 6.07) is 3.79. The van der Waals surface area contributed by atoms with Gasteiger partial charge in [-0.15, -0.1) is 0 Å². The number of ether oxygens (including phenoxy) is 1. The average Bonchev–Trinajstić information content (AvgIpc) is 2.37. The SMILES string of the molecule is COCCC(N)C(=O)Nc1cccc([N+](=O)[O-])c1C. The summed E-state index contributed by atoms with van der Waals surface area (Å²) in [6.45, 7) is 1.96. The van der Waals surface area contributed by atoms with E-state index in [2.05, 4.69) is 5.32 Å². The number of anilines is 1. The molecule has 1 amide bonds. The highest BCUT2D eigenvalue weighted by molar-refractivity contribution is 5.95. The van der Waals surface area contributed by atoms with Crippen LogP contribution in [0.1, 0.15) is 12.0 Å². The molecule has 0 radical (unpaired) electrons. The molecular formula is C12H17N3O4. The lowest BCUT2D eigenvalue weighted by Crippen LogP contribution is -2.36. The van der Waals surface area contributed by atoms with Gasteiger partial charge in [0.1, 0.15) is 0 Å². The number of hydrogen-bond donors (Lipinski definition) is 2. The minimum absolute atomic E-state index is 0.0386. The molecule has 0 aliphatic heterocycles. The highest BCUT2D eigenvalue weighted by Gasteiger charge is 2.17. The van der Waals surface area contributed by atoms with Crippen LogP contribution in [0.4, 0.5) is 11.4 Å². The second-order valence-corrected chi connectivity index (χ2v) is 4.08. The normalized spacial score (nSPS) is 11.9. The van der Waals surface area contributed by atoms with Crippen molar-refractivity contribution < 1.29 is 14.5 Å². The van der Waals surface area contributed by atoms with Crippen molar-refractivity contribution in [1.29, 1.82) is 0 Å². The molecule has 7 heteroatoms. The maximum Gasteiger partial charge on any atom is 0.274 e. The summed E-state index contributed by atoms with van der Waals surface area (Å²) in [6.07, 6.45) is 0.385. The molecular weight excluding hydrogens is 250 g/mol. The molecule has 1 aromatic carbocycles. The summed E-state index contributed by atoms with van der Waals surface area (Å²) in [7, 11) is 1.52. The van der Waals surface area contributed by atoms with Crippen molar-refractivity contribution in [3.05, 3.63) is 33.9 Å². The number of nitro benzene ring substituents is 1. The van der Waals surface area contributed by atoms with Crippen LogP contribution in [0.5, 0.6) is 0 Å². The van der Waals surface area contributed by atoms with E-state index in [1.807, 2.05) is 0 Å². The van der Waals surface area contributed by atoms with Crippen LogP contribution in [0.2, 0.25) is 0 Å². The van der Waals surface area contributed by atoms with Crippen molar-refractivity contribution in [3.8, 4) is 0 Å². The fraction of sp³-hybridized carbons (Fsp3) is 0.417. The molecule has 0 saturated heterocycles. The Morgan fingerprint density at radius 3 is 2.84 bits per heavy atom. The largest absolute Gasteiger partial charge is 0.385 e. The quantitative estimate of drug-likeness (QED) is 0.595. The average molecular weight is 267 g/mol. The van der Waals surface area contributed by atoms with Gasteiger partial charge < -0.3 is 15.8 Å². The van der Waals surface area contributed by atoms with Gasteiger partial charge in [-0.25, -0.2) is 0 Å². The third-order valence-electron chi connectivity index (χ3n) is 2.73. The number of carbonyl (C=O) groups is 1. The molecule has 104 valence electrons. The van der Waals surface area contributed by atoms with E-state index in [0.717, 1.165) is 0 Å². The Morgan fingerprint density at radius 1 is 1.58 bits per heavy atom. The molecule has 3 N–H and O–H groups in total. The minimum Gasteiger partial charge on any atom is -0.385 e. The molecule has 1 unspecified atom stereocenters. The lowest BCUT2D eigenvalue weighted by Gasteiger charge is -2.13. The van der Waals surface area contributed by atoms with E-state index in [1.54, 1.807) is 13.0 Å². The van der Waals surface area contributed by atoms with E-state index in [9.17, 15) is 14.9 Å². The number of rotatable bonds is 6. The fourth-order valence-corrected chi connectivity index (χ4v) is 1.56. The highest BCUT2D eigenvalue weighted by atomic mass is 16.6. The van der Waals surface area contributed by atoms with Crippen molar-refractivity contribution in [3.63, 3.8) is 0 Å². The van der Waals surface area contributed by atoms with E-state index in [4.69, 9.17) is 10.5 Å². The van der Waals surface area contributed by atoms with Crippen LogP contribution in [0, 0.1) is 17.0 Å². The van der Waals surface area contributed by atoms with Crippen LogP contribution in [0.25, 0.3) is 0 Å². The molecule has 0 bridgehead atoms. The Labute approximate surface area is 110 Å². The molecule has 1 atom stereocenters. The van der Waals surface area contributed by atoms with E-state index >= 15 is 0 Å². The van der Waals surface area contributed by atoms with E-state index in [0.29, 0.717) is 24.3 Å². The molecule has 1 rings (SSSR count). The van der Waals surface area contributed by atoms with Crippen LogP contribution in [0.3, 0.4) is 0 Å². The summed E-state index contributed by atoms with van der Waals surface area (Å²) >= 11 is 0. The first kappa shape index (κ1) is 15.1. The van der Waals surface area contributed by atoms with Crippen molar-refractivity contribution >= 4 is 17.3 Å². The third kappa shape index (κ3) is 4.01. The van der Waals surface area contributed by atoms with Crippen LogP contribution < -0.4 is 11.1 Å². The van der Waals surface area contributed by atoms with Gasteiger partial charge in [-0.2, -0.15) is 0 Å². The lowest BCUT2D eigenvalue weighted by atomic mass is 10.1. The molecule has 0 heterocycles. The van der Waals surface area contributed by atoms with Gasteiger partial charge in [-0.3, -0.25) is 14.9 Å². The van der Waals surface area contributed by atoms with Gasteiger partial charge in [-0.05, 0) is 19.4 Å². The van der Waals surface area contributed by atoms with Crippen LogP contribution in [0.15, 0.2) is 18.2 Å². The van der Waals surface area contributed by atoms with Crippen molar-refractivity contribution in [1.82, 2.24) is 0 Å². The summed E-state index contributed by atoms with van der Waals surface area (Å²) in [5, 5.41) is 13.4. The number of hydrogen-bond acceptors (Lipinski definition) is 5. The van der Waals surface area contributed by atoms with Gasteiger partial charge in [0.15, 0.2) is 0 Å². The van der Waals surface area contributed by atoms with Crippen LogP contribution in [-0.2, 0) is 9.53 Å². The fourth-order valence-electron chi connectivity index (χ4n) is 1.56. The lowest BCUT2D eigenvalue weighted by molar-refractivity contribution is -0.385. The summed E-state index contributed by atoms with van der Waals surface area (Å²) in [4.78, 5) is 22.1. The first-order valence-corrected chi connectivity index (χ1v) is 5.76. The first-order chi connectivity index (χ1) is 8.97. The van der Waals surface area contributed by atoms with Gasteiger partial charge in [-0.1, -0.05) is 6.07 Å². The Bertz CT molecular complexity index is 476. The highest BCUT2D eigenvalue weighted by Crippen LogP contribution is 2.25. The molecule has 0 aliphatic rings. The molecule has 1 aromatic rings. The Morgan fingerprint density at radius 2 is 2.26 bits per heavy atom. The van der Waals surface area contributed by atoms with Crippen LogP contribution in [-0.4, -0.2) is 30.6 Å². The van der Waals surface area contributed by atoms with Crippen molar-refractivity contribution in [2.24, 2.45) is 5.73 Å². The standard InChI is InChI=1S/C12H17N3O4/c1-8-10(4-3-5-11(8)15(17)18)14-12(16)9(13)6-7-19-2/h3-5,9H,6-7,13H2,1-2H3,(H,14,16). The second kappa shape index (κ2) is 6.81. The van der Waals surface area contributed by atoms with E-state index in [-0.39, 0.29) is 11.6 Å². The number of nitrogens with zero attached hydrogens (tertiary/aromatic N) is 1. The predicted molar refractivity (Wildman–Crippen MR) is 70.9 cm³/mol. The molecule has 7 nitrogen and oxygen atoms in total. The number of carbonyl (C=O) groups excluding carboxylic acids is 1. The molecule has 0 fully saturated rings. The molecule has 19 heavy (non-hydrogen) atoms. The van der Waals surface area contributed by atoms with Gasteiger partial charge in [0, 0.05) is 19.8 Å². The zero-order valence-corrected chi connectivity index (χ0v) is 10.9. The smallest absolute Gasteiger partial charge is 0.274 e. The summed E-state index contributed by atoms with van der Waals surface area (Å²) in [5.41, 5.74) is 6.43. The third-order valence-corrected chi connectivity index (χ3v) is 2.73. The number of methoxy groups -OCH3 is 1. The van der Waals surface area contributed by atoms with Gasteiger partial charge >= 0.3 is 0 Å². The minimum atomic E-state index is -0.710. The topological polar surface area (TPSA) is 107 Å². The van der Waals surface area contributed by atoms with Crippen molar-refractivity contribution in [2.75, 3.05) is 19.0 Å². The molecule has 0 aromatic heterocycles. The predicted octanol–water partition coefficient (Wildman–Crippen LogP) is 1.21. The zero-order valence-electron chi connectivity index (χ0n) is 10.9. The molecule has 0 spiro atoms. The van der Waals surface area contributed by atoms with Crippen molar-refractivity contribution in [2.45, 2.75) is 19.4 Å². The number of nitrogens with two attached hydrogens (primary N) is 1. The monoisotopic (exact) mass is 267 g/mol. The van der Waals surface area contributed by atoms with Gasteiger partial charge in [0.25, 0.3) is 5.69 Å². The number of benzene rings is 1. The first-order valence-electron chi connectivity index (χ1n) is 5.76. The number of nitrogens with one attached hydrogen (secondary N) is 1. The Hall–Kier alpha value is -1.99. The second-order valence-electron chi connectivity index (χ2n) is 4.08. The summed E-state index contributed by atoms with van der Waals surface area (Å²) < 4.78 is 4.84. The Balaban J connectivity index is 2.80. The van der Waals surface area contributed by atoms with E-state index in [1.165, 1.54) is 19.2 Å². The van der Waals surface area contributed by atoms with Gasteiger partial charge in [0.05, 0.1) is 22.2 Å². The maximum absolute atomic E-state index is 11.8. The summed E-state index contributed by atoms with van der Waals surface area (Å²) in [5.74, 6) is -0.388. The molecule has 0 aliphatic carbocycles. The molecule has 0 saturated carbocycles. The van der Waals surface area contributed by atoms with Crippen LogP contribution >= 0.6 is 0 Å². The Kier molecular flexibility index (Phi) is 5.40. The number of nitro groups is 1. The maximum atomic E-state index is 11.8. The zero-order chi connectivity index (χ0) is 14.4. The van der Waals surface area contributed by atoms with Gasteiger partial charge in [0.2, 0.25) is 5.91 Å².